The van der Waals surface area contributed by atoms with Crippen molar-refractivity contribution < 1.29 is 18.3 Å². The van der Waals surface area contributed by atoms with Crippen molar-refractivity contribution in [2.75, 3.05) is 31.1 Å². The third kappa shape index (κ3) is 4.55. The summed E-state index contributed by atoms with van der Waals surface area (Å²) in [5, 5.41) is 11.9. The molecule has 1 aliphatic carbocycles. The Morgan fingerprint density at radius 2 is 1.62 bits per heavy atom. The number of benzene rings is 2. The Balaban J connectivity index is 1.29. The first-order chi connectivity index (χ1) is 17.9. The first-order valence-electron chi connectivity index (χ1n) is 12.6. The molecule has 2 aromatic heterocycles. The highest BCUT2D eigenvalue weighted by Crippen LogP contribution is 2.41. The van der Waals surface area contributed by atoms with Gasteiger partial charge in [0.1, 0.15) is 22.7 Å². The molecule has 0 radical (unpaired) electrons. The number of thiophene rings is 1. The largest absolute Gasteiger partial charge is 0.508 e. The molecule has 0 saturated carbocycles. The van der Waals surface area contributed by atoms with Gasteiger partial charge in [-0.3, -0.25) is 4.90 Å². The normalized spacial score (nSPS) is 17.6. The van der Waals surface area contributed by atoms with Crippen LogP contribution < -0.4 is 4.90 Å². The minimum atomic E-state index is -4.39. The highest BCUT2D eigenvalue weighted by Gasteiger charge is 2.33. The van der Waals surface area contributed by atoms with Crippen LogP contribution in [0.1, 0.15) is 46.0 Å². The number of phenolic OH excluding ortho intramolecular Hbond substituents is 1. The number of alkyl halides is 3. The van der Waals surface area contributed by atoms with Crippen molar-refractivity contribution in [1.82, 2.24) is 14.9 Å². The standard InChI is InChI=1S/C28H27F3N4OS/c29-28(30,31)19-11-9-18(10-12-19)25(20-5-1-3-7-22(20)36)34-13-15-35(16-14-34)26-24-21-6-2-4-8-23(21)37-27(24)33-17-32-26/h1,3,5,7,9-12,17,25,36H,2,4,6,8,13-16H2. The lowest BCUT2D eigenvalue weighted by Crippen LogP contribution is -2.48. The van der Waals surface area contributed by atoms with Gasteiger partial charge in [0, 0.05) is 36.6 Å². The van der Waals surface area contributed by atoms with Crippen LogP contribution in [-0.4, -0.2) is 46.2 Å². The number of rotatable bonds is 4. The third-order valence-electron chi connectivity index (χ3n) is 7.50. The van der Waals surface area contributed by atoms with Crippen molar-refractivity contribution >= 4 is 27.4 Å². The van der Waals surface area contributed by atoms with E-state index in [9.17, 15) is 18.3 Å². The number of hydrogen-bond donors (Lipinski definition) is 1. The van der Waals surface area contributed by atoms with Gasteiger partial charge in [0.15, 0.2) is 0 Å². The molecule has 4 aromatic rings. The Hall–Kier alpha value is -3.17. The van der Waals surface area contributed by atoms with Gasteiger partial charge in [-0.25, -0.2) is 9.97 Å². The fourth-order valence-corrected chi connectivity index (χ4v) is 6.89. The van der Waals surface area contributed by atoms with Gasteiger partial charge in [-0.2, -0.15) is 13.2 Å². The predicted molar refractivity (Wildman–Crippen MR) is 139 cm³/mol. The minimum absolute atomic E-state index is 0.136. The smallest absolute Gasteiger partial charge is 0.416 e. The zero-order valence-electron chi connectivity index (χ0n) is 20.2. The second-order valence-electron chi connectivity index (χ2n) is 9.69. The Morgan fingerprint density at radius 3 is 2.35 bits per heavy atom. The second kappa shape index (κ2) is 9.61. The number of fused-ring (bicyclic) bond motifs is 3. The number of aryl methyl sites for hydroxylation is 2. The van der Waals surface area contributed by atoms with Crippen LogP contribution in [0.15, 0.2) is 54.9 Å². The molecule has 0 amide bonds. The first-order valence-corrected chi connectivity index (χ1v) is 13.4. The van der Waals surface area contributed by atoms with Gasteiger partial charge >= 0.3 is 6.18 Å². The summed E-state index contributed by atoms with van der Waals surface area (Å²) >= 11 is 1.79. The topological polar surface area (TPSA) is 52.5 Å². The summed E-state index contributed by atoms with van der Waals surface area (Å²) in [4.78, 5) is 16.3. The molecule has 37 heavy (non-hydrogen) atoms. The molecule has 0 bridgehead atoms. The zero-order valence-corrected chi connectivity index (χ0v) is 21.0. The maximum atomic E-state index is 13.2. The van der Waals surface area contributed by atoms with Crippen molar-refractivity contribution in [3.8, 4) is 5.75 Å². The van der Waals surface area contributed by atoms with E-state index in [-0.39, 0.29) is 11.8 Å². The lowest BCUT2D eigenvalue weighted by molar-refractivity contribution is -0.137. The van der Waals surface area contributed by atoms with Crippen molar-refractivity contribution in [3.63, 3.8) is 0 Å². The van der Waals surface area contributed by atoms with Crippen LogP contribution in [0, 0.1) is 0 Å². The number of aromatic nitrogens is 2. The van der Waals surface area contributed by atoms with E-state index < -0.39 is 11.7 Å². The average molecular weight is 525 g/mol. The molecule has 2 aliphatic rings. The van der Waals surface area contributed by atoms with E-state index in [2.05, 4.69) is 14.8 Å². The summed E-state index contributed by atoms with van der Waals surface area (Å²) in [6, 6.07) is 12.0. The third-order valence-corrected chi connectivity index (χ3v) is 8.70. The molecule has 1 N–H and O–H groups in total. The van der Waals surface area contributed by atoms with E-state index in [1.54, 1.807) is 29.8 Å². The summed E-state index contributed by atoms with van der Waals surface area (Å²) < 4.78 is 39.6. The monoisotopic (exact) mass is 524 g/mol. The lowest BCUT2D eigenvalue weighted by Gasteiger charge is -2.40. The molecule has 9 heteroatoms. The van der Waals surface area contributed by atoms with Gasteiger partial charge in [0.2, 0.25) is 0 Å². The fourth-order valence-electron chi connectivity index (χ4n) is 5.67. The van der Waals surface area contributed by atoms with Gasteiger partial charge < -0.3 is 10.0 Å². The van der Waals surface area contributed by atoms with Gasteiger partial charge in [-0.05, 0) is 55.0 Å². The van der Waals surface area contributed by atoms with E-state index >= 15 is 0 Å². The number of hydrogen-bond acceptors (Lipinski definition) is 6. The van der Waals surface area contributed by atoms with Crippen LogP contribution in [0.3, 0.4) is 0 Å². The second-order valence-corrected chi connectivity index (χ2v) is 10.8. The van der Waals surface area contributed by atoms with Crippen LogP contribution in [0.25, 0.3) is 10.2 Å². The Kier molecular flexibility index (Phi) is 6.28. The molecule has 0 spiro atoms. The van der Waals surface area contributed by atoms with Crippen molar-refractivity contribution in [3.05, 3.63) is 82.0 Å². The van der Waals surface area contributed by atoms with Crippen LogP contribution in [0.2, 0.25) is 0 Å². The van der Waals surface area contributed by atoms with Crippen LogP contribution in [0.5, 0.6) is 5.75 Å². The SMILES string of the molecule is Oc1ccccc1C(c1ccc(C(F)(F)F)cc1)N1CCN(c2ncnc3sc4c(c23)CCCC4)CC1. The molecule has 1 atom stereocenters. The van der Waals surface area contributed by atoms with E-state index in [1.807, 2.05) is 12.1 Å². The highest BCUT2D eigenvalue weighted by atomic mass is 32.1. The van der Waals surface area contributed by atoms with Crippen molar-refractivity contribution in [1.29, 1.82) is 0 Å². The number of aromatic hydroxyl groups is 1. The zero-order chi connectivity index (χ0) is 25.6. The molecule has 1 aliphatic heterocycles. The molecule has 1 unspecified atom stereocenters. The van der Waals surface area contributed by atoms with Gasteiger partial charge in [0.05, 0.1) is 17.0 Å². The maximum Gasteiger partial charge on any atom is 0.416 e. The summed E-state index contributed by atoms with van der Waals surface area (Å²) in [6.07, 6.45) is 1.85. The number of halogens is 3. The molecule has 2 aromatic carbocycles. The number of piperazine rings is 1. The molecule has 1 fully saturated rings. The van der Waals surface area contributed by atoms with Crippen LogP contribution in [-0.2, 0) is 19.0 Å². The highest BCUT2D eigenvalue weighted by molar-refractivity contribution is 7.19. The number of para-hydroxylation sites is 1. The number of nitrogens with zero attached hydrogens (tertiary/aromatic N) is 4. The number of phenols is 1. The molecule has 5 nitrogen and oxygen atoms in total. The predicted octanol–water partition coefficient (Wildman–Crippen LogP) is 6.21. The average Bonchev–Trinajstić information content (AvgIpc) is 3.29. The first kappa shape index (κ1) is 24.2. The molecule has 3 heterocycles. The molecular weight excluding hydrogens is 497 g/mol. The summed E-state index contributed by atoms with van der Waals surface area (Å²) in [6.45, 7) is 2.80. The van der Waals surface area contributed by atoms with Crippen LogP contribution >= 0.6 is 11.3 Å². The van der Waals surface area contributed by atoms with Gasteiger partial charge in [-0.15, -0.1) is 11.3 Å². The van der Waals surface area contributed by atoms with Gasteiger partial charge in [-0.1, -0.05) is 30.3 Å². The molecule has 1 saturated heterocycles. The van der Waals surface area contributed by atoms with Crippen LogP contribution in [0.4, 0.5) is 19.0 Å². The van der Waals surface area contributed by atoms with Gasteiger partial charge in [0.25, 0.3) is 0 Å². The number of anilines is 1. The quantitative estimate of drug-likeness (QED) is 0.344. The lowest BCUT2D eigenvalue weighted by atomic mass is 9.94. The van der Waals surface area contributed by atoms with E-state index in [0.717, 1.165) is 54.3 Å². The summed E-state index contributed by atoms with van der Waals surface area (Å²) in [7, 11) is 0. The maximum absolute atomic E-state index is 13.2. The van der Waals surface area contributed by atoms with E-state index in [4.69, 9.17) is 4.98 Å². The fraction of sp³-hybridized carbons (Fsp3) is 0.357. The Bertz CT molecular complexity index is 1410. The molecule has 192 valence electrons. The summed E-state index contributed by atoms with van der Waals surface area (Å²) in [5.74, 6) is 1.12. The Morgan fingerprint density at radius 1 is 0.892 bits per heavy atom. The summed E-state index contributed by atoms with van der Waals surface area (Å²) in [5.41, 5.74) is 2.14. The molecular formula is C28H27F3N4OS. The van der Waals surface area contributed by atoms with E-state index in [1.165, 1.54) is 40.8 Å². The molecule has 6 rings (SSSR count). The minimum Gasteiger partial charge on any atom is -0.508 e. The van der Waals surface area contributed by atoms with Crippen molar-refractivity contribution in [2.45, 2.75) is 37.9 Å². The Labute approximate surface area is 217 Å². The van der Waals surface area contributed by atoms with E-state index in [0.29, 0.717) is 18.7 Å². The van der Waals surface area contributed by atoms with Crippen molar-refractivity contribution in [2.24, 2.45) is 0 Å².